The summed E-state index contributed by atoms with van der Waals surface area (Å²) in [6.07, 6.45) is 4.90. The predicted molar refractivity (Wildman–Crippen MR) is 152 cm³/mol. The lowest BCUT2D eigenvalue weighted by Crippen LogP contribution is -2.51. The third-order valence-electron chi connectivity index (χ3n) is 6.68. The summed E-state index contributed by atoms with van der Waals surface area (Å²) < 4.78 is 18.9. The average Bonchev–Trinajstić information content (AvgIpc) is 3.16. The molecule has 3 aromatic rings. The van der Waals surface area contributed by atoms with Gasteiger partial charge in [-0.3, -0.25) is 9.47 Å². The number of carbonyl (C=O) groups is 1. The number of amides is 1. The van der Waals surface area contributed by atoms with E-state index >= 15 is 0 Å². The molecular formula is C31H37N3O5. The molecule has 1 unspecified atom stereocenters. The van der Waals surface area contributed by atoms with E-state index in [0.29, 0.717) is 22.9 Å². The fourth-order valence-electron chi connectivity index (χ4n) is 4.81. The van der Waals surface area contributed by atoms with E-state index in [9.17, 15) is 9.59 Å². The van der Waals surface area contributed by atoms with Gasteiger partial charge in [-0.1, -0.05) is 44.0 Å². The molecule has 1 saturated heterocycles. The van der Waals surface area contributed by atoms with Gasteiger partial charge in [0, 0.05) is 10.9 Å². The highest BCUT2D eigenvalue weighted by molar-refractivity contribution is 5.93. The van der Waals surface area contributed by atoms with E-state index in [2.05, 4.69) is 24.8 Å². The van der Waals surface area contributed by atoms with Crippen LogP contribution < -0.4 is 10.4 Å². The molecular weight excluding hydrogens is 494 g/mol. The van der Waals surface area contributed by atoms with Crippen molar-refractivity contribution in [2.45, 2.75) is 78.3 Å². The molecule has 0 bridgehead atoms. The van der Waals surface area contributed by atoms with E-state index < -0.39 is 29.2 Å². The van der Waals surface area contributed by atoms with Gasteiger partial charge in [0.1, 0.15) is 23.7 Å². The molecule has 2 heterocycles. The third-order valence-corrected chi connectivity index (χ3v) is 6.68. The fraction of sp³-hybridized carbons (Fsp3) is 0.452. The summed E-state index contributed by atoms with van der Waals surface area (Å²) >= 11 is 0. The molecule has 0 aliphatic carbocycles. The van der Waals surface area contributed by atoms with Gasteiger partial charge in [-0.2, -0.15) is 4.98 Å². The van der Waals surface area contributed by atoms with Crippen molar-refractivity contribution in [3.05, 3.63) is 58.5 Å². The van der Waals surface area contributed by atoms with E-state index in [0.717, 1.165) is 10.9 Å². The molecule has 0 N–H and O–H groups in total. The third kappa shape index (κ3) is 6.10. The standard InChI is InChI=1S/C31H37N3O5/c1-9-16-37-24-14-15-26-25(17-24)27(22-12-10-21(11-13-22)20(2)3)32-28(35)33(26)18-23-19-38-31(7,8)34(23)29(36)39-30(4,5)6/h1,10-15,17,20,23H,16,18-19H2,2-8H3. The van der Waals surface area contributed by atoms with E-state index in [-0.39, 0.29) is 19.8 Å². The number of ether oxygens (including phenoxy) is 3. The molecule has 0 spiro atoms. The van der Waals surface area contributed by atoms with Crippen LogP contribution in [-0.4, -0.2) is 51.1 Å². The van der Waals surface area contributed by atoms with Crippen LogP contribution in [0, 0.1) is 12.3 Å². The van der Waals surface area contributed by atoms with Gasteiger partial charge in [-0.25, -0.2) is 9.59 Å². The normalized spacial score (nSPS) is 16.9. The lowest BCUT2D eigenvalue weighted by Gasteiger charge is -2.35. The Hall–Kier alpha value is -3.83. The van der Waals surface area contributed by atoms with E-state index in [1.165, 1.54) is 5.56 Å². The van der Waals surface area contributed by atoms with Crippen LogP contribution in [0.25, 0.3) is 22.2 Å². The summed E-state index contributed by atoms with van der Waals surface area (Å²) in [5.41, 5.74) is 1.25. The quantitative estimate of drug-likeness (QED) is 0.387. The average molecular weight is 532 g/mol. The van der Waals surface area contributed by atoms with Crippen LogP contribution in [0.4, 0.5) is 4.79 Å². The molecule has 0 saturated carbocycles. The molecule has 1 aliphatic rings. The zero-order valence-electron chi connectivity index (χ0n) is 23.8. The van der Waals surface area contributed by atoms with Crippen molar-refractivity contribution >= 4 is 17.0 Å². The van der Waals surface area contributed by atoms with E-state index in [1.54, 1.807) is 15.5 Å². The summed E-state index contributed by atoms with van der Waals surface area (Å²) in [4.78, 5) is 32.8. The molecule has 1 aliphatic heterocycles. The molecule has 8 nitrogen and oxygen atoms in total. The van der Waals surface area contributed by atoms with Gasteiger partial charge >= 0.3 is 11.8 Å². The van der Waals surface area contributed by atoms with Gasteiger partial charge in [-0.15, -0.1) is 6.42 Å². The van der Waals surface area contributed by atoms with Crippen molar-refractivity contribution in [1.29, 1.82) is 0 Å². The lowest BCUT2D eigenvalue weighted by atomic mass is 9.99. The summed E-state index contributed by atoms with van der Waals surface area (Å²) in [6.45, 7) is 13.9. The SMILES string of the molecule is C#CCOc1ccc2c(c1)c(-c1ccc(C(C)C)cc1)nc(=O)n2CC1COC(C)(C)N1C(=O)OC(C)(C)C. The minimum absolute atomic E-state index is 0.121. The number of nitrogens with zero attached hydrogens (tertiary/aromatic N) is 3. The molecule has 4 rings (SSSR count). The Bertz CT molecular complexity index is 1460. The highest BCUT2D eigenvalue weighted by Crippen LogP contribution is 2.33. The molecule has 1 fully saturated rings. The van der Waals surface area contributed by atoms with Crippen molar-refractivity contribution in [3.8, 4) is 29.4 Å². The summed E-state index contributed by atoms with van der Waals surface area (Å²) in [5.74, 6) is 3.44. The molecule has 1 amide bonds. The van der Waals surface area contributed by atoms with Crippen LogP contribution in [-0.2, 0) is 16.0 Å². The fourth-order valence-corrected chi connectivity index (χ4v) is 4.81. The summed E-state index contributed by atoms with van der Waals surface area (Å²) in [6, 6.07) is 13.1. The smallest absolute Gasteiger partial charge is 0.412 e. The maximum atomic E-state index is 13.5. The first-order valence-corrected chi connectivity index (χ1v) is 13.2. The Kier molecular flexibility index (Phi) is 7.76. The summed E-state index contributed by atoms with van der Waals surface area (Å²) in [7, 11) is 0. The van der Waals surface area contributed by atoms with Crippen molar-refractivity contribution in [2.75, 3.05) is 13.2 Å². The van der Waals surface area contributed by atoms with Crippen LogP contribution in [0.3, 0.4) is 0 Å². The number of hydrogen-bond donors (Lipinski definition) is 0. The van der Waals surface area contributed by atoms with Crippen molar-refractivity contribution in [3.63, 3.8) is 0 Å². The van der Waals surface area contributed by atoms with Crippen LogP contribution in [0.15, 0.2) is 47.3 Å². The second-order valence-corrected chi connectivity index (χ2v) is 11.6. The minimum atomic E-state index is -0.895. The first-order valence-electron chi connectivity index (χ1n) is 13.2. The monoisotopic (exact) mass is 531 g/mol. The number of aromatic nitrogens is 2. The first kappa shape index (κ1) is 28.2. The summed E-state index contributed by atoms with van der Waals surface area (Å²) in [5, 5.41) is 0.739. The van der Waals surface area contributed by atoms with Crippen LogP contribution >= 0.6 is 0 Å². The van der Waals surface area contributed by atoms with Gasteiger partial charge in [0.25, 0.3) is 0 Å². The predicted octanol–water partition coefficient (Wildman–Crippen LogP) is 5.57. The number of hydrogen-bond acceptors (Lipinski definition) is 6. The van der Waals surface area contributed by atoms with Gasteiger partial charge in [0.05, 0.1) is 30.4 Å². The highest BCUT2D eigenvalue weighted by atomic mass is 16.6. The zero-order chi connectivity index (χ0) is 28.5. The van der Waals surface area contributed by atoms with Crippen molar-refractivity contribution in [2.24, 2.45) is 0 Å². The van der Waals surface area contributed by atoms with Crippen LogP contribution in [0.5, 0.6) is 5.75 Å². The Labute approximate surface area is 229 Å². The van der Waals surface area contributed by atoms with E-state index in [4.69, 9.17) is 20.6 Å². The Morgan fingerprint density at radius 1 is 1.21 bits per heavy atom. The molecule has 2 aromatic carbocycles. The van der Waals surface area contributed by atoms with Crippen molar-refractivity contribution < 1.29 is 19.0 Å². The lowest BCUT2D eigenvalue weighted by molar-refractivity contribution is -0.0629. The van der Waals surface area contributed by atoms with Gasteiger partial charge in [0.2, 0.25) is 0 Å². The number of benzene rings is 2. The number of rotatable bonds is 6. The van der Waals surface area contributed by atoms with Crippen molar-refractivity contribution in [1.82, 2.24) is 14.5 Å². The molecule has 39 heavy (non-hydrogen) atoms. The first-order chi connectivity index (χ1) is 18.3. The van der Waals surface area contributed by atoms with Gasteiger partial charge in [0.15, 0.2) is 0 Å². The van der Waals surface area contributed by atoms with Gasteiger partial charge in [-0.05, 0) is 64.3 Å². The highest BCUT2D eigenvalue weighted by Gasteiger charge is 2.46. The number of terminal acetylenes is 1. The van der Waals surface area contributed by atoms with Crippen LogP contribution in [0.1, 0.15) is 59.9 Å². The molecule has 206 valence electrons. The molecule has 1 atom stereocenters. The number of fused-ring (bicyclic) bond motifs is 1. The topological polar surface area (TPSA) is 82.9 Å². The van der Waals surface area contributed by atoms with Crippen LogP contribution in [0.2, 0.25) is 0 Å². The maximum Gasteiger partial charge on any atom is 0.412 e. The van der Waals surface area contributed by atoms with Gasteiger partial charge < -0.3 is 14.2 Å². The maximum absolute atomic E-state index is 13.5. The van der Waals surface area contributed by atoms with E-state index in [1.807, 2.05) is 71.0 Å². The Morgan fingerprint density at radius 2 is 1.90 bits per heavy atom. The second-order valence-electron chi connectivity index (χ2n) is 11.6. The largest absolute Gasteiger partial charge is 0.481 e. The Balaban J connectivity index is 1.81. The molecule has 0 radical (unpaired) electrons. The second kappa shape index (κ2) is 10.7. The number of carbonyl (C=O) groups excluding carboxylic acids is 1. The Morgan fingerprint density at radius 3 is 2.51 bits per heavy atom. The molecule has 8 heteroatoms. The minimum Gasteiger partial charge on any atom is -0.481 e. The molecule has 1 aromatic heterocycles. The zero-order valence-corrected chi connectivity index (χ0v) is 23.8.